The molecule has 22 heavy (non-hydrogen) atoms. The molecular weight excluding hydrogens is 387 g/mol. The third-order valence-electron chi connectivity index (χ3n) is 3.60. The quantitative estimate of drug-likeness (QED) is 0.399. The van der Waals surface area contributed by atoms with Crippen LogP contribution in [0.3, 0.4) is 0 Å². The van der Waals surface area contributed by atoms with Crippen LogP contribution in [0.5, 0.6) is 0 Å². The van der Waals surface area contributed by atoms with Crippen LogP contribution >= 0.6 is 24.0 Å². The van der Waals surface area contributed by atoms with Crippen molar-refractivity contribution in [3.05, 3.63) is 35.5 Å². The molecule has 1 aromatic heterocycles. The zero-order chi connectivity index (χ0) is 15.2. The van der Waals surface area contributed by atoms with Crippen LogP contribution in [0.25, 0.3) is 10.9 Å². The Bertz CT molecular complexity index is 616. The SMILES string of the molecule is CCc1cccc2c(CCNC(=NC)NC(C)C)c[nH]c12.I. The predicted molar refractivity (Wildman–Crippen MR) is 106 cm³/mol. The van der Waals surface area contributed by atoms with E-state index >= 15 is 0 Å². The molecule has 1 aromatic carbocycles. The molecular formula is C17H27IN4. The van der Waals surface area contributed by atoms with Crippen molar-refractivity contribution in [1.29, 1.82) is 0 Å². The van der Waals surface area contributed by atoms with Crippen molar-refractivity contribution in [1.82, 2.24) is 15.6 Å². The molecule has 0 spiro atoms. The largest absolute Gasteiger partial charge is 0.361 e. The van der Waals surface area contributed by atoms with E-state index in [2.05, 4.69) is 65.8 Å². The number of nitrogens with zero attached hydrogens (tertiary/aromatic N) is 1. The fourth-order valence-corrected chi connectivity index (χ4v) is 2.56. The van der Waals surface area contributed by atoms with Crippen molar-refractivity contribution in [2.24, 2.45) is 4.99 Å². The van der Waals surface area contributed by atoms with Crippen molar-refractivity contribution >= 4 is 40.8 Å². The molecule has 0 bridgehead atoms. The number of aromatic amines is 1. The van der Waals surface area contributed by atoms with Gasteiger partial charge < -0.3 is 15.6 Å². The van der Waals surface area contributed by atoms with Gasteiger partial charge in [0, 0.05) is 36.7 Å². The third kappa shape index (κ3) is 4.63. The molecule has 0 aliphatic heterocycles. The molecule has 3 N–H and O–H groups in total. The summed E-state index contributed by atoms with van der Waals surface area (Å²) in [6, 6.07) is 6.92. The van der Waals surface area contributed by atoms with Crippen LogP contribution in [0, 0.1) is 0 Å². The first-order chi connectivity index (χ1) is 10.2. The Kier molecular flexibility index (Phi) is 7.72. The molecule has 0 unspecified atom stereocenters. The second-order valence-electron chi connectivity index (χ2n) is 5.56. The molecule has 0 fully saturated rings. The highest BCUT2D eigenvalue weighted by atomic mass is 127. The predicted octanol–water partition coefficient (Wildman–Crippen LogP) is 3.46. The molecule has 0 amide bonds. The smallest absolute Gasteiger partial charge is 0.191 e. The molecule has 2 aromatic rings. The van der Waals surface area contributed by atoms with Gasteiger partial charge in [-0.25, -0.2) is 0 Å². The molecule has 122 valence electrons. The summed E-state index contributed by atoms with van der Waals surface area (Å²) < 4.78 is 0. The summed E-state index contributed by atoms with van der Waals surface area (Å²) in [4.78, 5) is 7.64. The van der Waals surface area contributed by atoms with E-state index in [1.807, 2.05) is 0 Å². The number of aromatic nitrogens is 1. The van der Waals surface area contributed by atoms with Crippen LogP contribution in [0.2, 0.25) is 0 Å². The van der Waals surface area contributed by atoms with Crippen LogP contribution in [0.1, 0.15) is 31.9 Å². The van der Waals surface area contributed by atoms with Crippen molar-refractivity contribution < 1.29 is 0 Å². The molecule has 0 aliphatic carbocycles. The van der Waals surface area contributed by atoms with E-state index in [0.717, 1.165) is 25.3 Å². The third-order valence-corrected chi connectivity index (χ3v) is 3.60. The maximum absolute atomic E-state index is 4.22. The molecule has 0 saturated carbocycles. The van der Waals surface area contributed by atoms with E-state index in [0.29, 0.717) is 6.04 Å². The van der Waals surface area contributed by atoms with Crippen LogP contribution in [0.15, 0.2) is 29.4 Å². The monoisotopic (exact) mass is 414 g/mol. The molecule has 0 saturated heterocycles. The maximum Gasteiger partial charge on any atom is 0.191 e. The number of fused-ring (bicyclic) bond motifs is 1. The van der Waals surface area contributed by atoms with Gasteiger partial charge in [-0.3, -0.25) is 4.99 Å². The lowest BCUT2D eigenvalue weighted by Crippen LogP contribution is -2.41. The van der Waals surface area contributed by atoms with Gasteiger partial charge in [-0.2, -0.15) is 0 Å². The number of nitrogens with one attached hydrogen (secondary N) is 3. The Balaban J connectivity index is 0.00000242. The van der Waals surface area contributed by atoms with Crippen molar-refractivity contribution in [3.63, 3.8) is 0 Å². The van der Waals surface area contributed by atoms with E-state index in [1.165, 1.54) is 22.0 Å². The Labute approximate surface area is 150 Å². The van der Waals surface area contributed by atoms with E-state index in [1.54, 1.807) is 7.05 Å². The summed E-state index contributed by atoms with van der Waals surface area (Å²) in [5, 5.41) is 7.99. The molecule has 0 aliphatic rings. The minimum atomic E-state index is 0. The molecule has 2 rings (SSSR count). The summed E-state index contributed by atoms with van der Waals surface area (Å²) in [6.07, 6.45) is 4.16. The van der Waals surface area contributed by atoms with E-state index in [4.69, 9.17) is 0 Å². The molecule has 0 atom stereocenters. The first kappa shape index (κ1) is 18.8. The summed E-state index contributed by atoms with van der Waals surface area (Å²) >= 11 is 0. The Morgan fingerprint density at radius 1 is 1.27 bits per heavy atom. The van der Waals surface area contributed by atoms with Gasteiger partial charge in [0.1, 0.15) is 0 Å². The Morgan fingerprint density at radius 2 is 2.05 bits per heavy atom. The van der Waals surface area contributed by atoms with Gasteiger partial charge >= 0.3 is 0 Å². The minimum absolute atomic E-state index is 0. The highest BCUT2D eigenvalue weighted by Gasteiger charge is 2.07. The lowest BCUT2D eigenvalue weighted by Gasteiger charge is -2.14. The number of guanidine groups is 1. The van der Waals surface area contributed by atoms with Crippen molar-refractivity contribution in [2.45, 2.75) is 39.7 Å². The van der Waals surface area contributed by atoms with Crippen LogP contribution in [-0.4, -0.2) is 30.6 Å². The summed E-state index contributed by atoms with van der Waals surface area (Å²) in [7, 11) is 1.80. The average Bonchev–Trinajstić information content (AvgIpc) is 2.89. The number of halogens is 1. The zero-order valence-corrected chi connectivity index (χ0v) is 16.2. The van der Waals surface area contributed by atoms with Crippen LogP contribution in [-0.2, 0) is 12.8 Å². The van der Waals surface area contributed by atoms with Crippen LogP contribution < -0.4 is 10.6 Å². The second kappa shape index (κ2) is 9.02. The number of para-hydroxylation sites is 1. The minimum Gasteiger partial charge on any atom is -0.361 e. The van der Waals surface area contributed by atoms with E-state index in [-0.39, 0.29) is 24.0 Å². The molecule has 0 radical (unpaired) electrons. The normalized spacial score (nSPS) is 11.6. The average molecular weight is 414 g/mol. The topological polar surface area (TPSA) is 52.2 Å². The van der Waals surface area contributed by atoms with Gasteiger partial charge in [0.25, 0.3) is 0 Å². The standard InChI is InChI=1S/C17H26N4.HI/c1-5-13-7-6-8-15-14(11-20-16(13)15)9-10-19-17(18-4)21-12(2)3;/h6-8,11-12,20H,5,9-10H2,1-4H3,(H2,18,19,21);1H. The molecule has 1 heterocycles. The Hall–Kier alpha value is -1.24. The van der Waals surface area contributed by atoms with E-state index < -0.39 is 0 Å². The fraction of sp³-hybridized carbons (Fsp3) is 0.471. The van der Waals surface area contributed by atoms with E-state index in [9.17, 15) is 0 Å². The van der Waals surface area contributed by atoms with Gasteiger partial charge in [0.05, 0.1) is 0 Å². The maximum atomic E-state index is 4.22. The van der Waals surface area contributed by atoms with Crippen molar-refractivity contribution in [2.75, 3.05) is 13.6 Å². The number of aryl methyl sites for hydroxylation is 1. The lowest BCUT2D eigenvalue weighted by molar-refractivity contribution is 0.698. The first-order valence-corrected chi connectivity index (χ1v) is 7.70. The molecule has 5 heteroatoms. The number of rotatable bonds is 5. The fourth-order valence-electron chi connectivity index (χ4n) is 2.56. The summed E-state index contributed by atoms with van der Waals surface area (Å²) in [5.74, 6) is 0.860. The summed E-state index contributed by atoms with van der Waals surface area (Å²) in [6.45, 7) is 7.28. The van der Waals surface area contributed by atoms with Gasteiger partial charge in [0.15, 0.2) is 5.96 Å². The molecule has 4 nitrogen and oxygen atoms in total. The second-order valence-corrected chi connectivity index (χ2v) is 5.56. The zero-order valence-electron chi connectivity index (χ0n) is 13.9. The highest BCUT2D eigenvalue weighted by molar-refractivity contribution is 14.0. The number of hydrogen-bond donors (Lipinski definition) is 3. The van der Waals surface area contributed by atoms with Gasteiger partial charge in [0.2, 0.25) is 0 Å². The number of benzene rings is 1. The van der Waals surface area contributed by atoms with Crippen LogP contribution in [0.4, 0.5) is 0 Å². The lowest BCUT2D eigenvalue weighted by atomic mass is 10.1. The van der Waals surface area contributed by atoms with Gasteiger partial charge in [-0.1, -0.05) is 25.1 Å². The first-order valence-electron chi connectivity index (χ1n) is 7.70. The number of aliphatic imine (C=N–C) groups is 1. The number of hydrogen-bond acceptors (Lipinski definition) is 1. The van der Waals surface area contributed by atoms with Gasteiger partial charge in [-0.15, -0.1) is 24.0 Å². The Morgan fingerprint density at radius 3 is 2.68 bits per heavy atom. The number of H-pyrrole nitrogens is 1. The summed E-state index contributed by atoms with van der Waals surface area (Å²) in [5.41, 5.74) is 4.01. The van der Waals surface area contributed by atoms with Crippen molar-refractivity contribution in [3.8, 4) is 0 Å². The van der Waals surface area contributed by atoms with Gasteiger partial charge in [-0.05, 0) is 37.8 Å². The highest BCUT2D eigenvalue weighted by Crippen LogP contribution is 2.22.